The zero-order chi connectivity index (χ0) is 17.8. The predicted molar refractivity (Wildman–Crippen MR) is 107 cm³/mol. The Kier molecular flexibility index (Phi) is 4.39. The van der Waals surface area contributed by atoms with E-state index in [0.717, 1.165) is 27.7 Å². The molecule has 126 valence electrons. The zero-order valence-electron chi connectivity index (χ0n) is 14.4. The van der Waals surface area contributed by atoms with Crippen LogP contribution in [0.3, 0.4) is 0 Å². The quantitative estimate of drug-likeness (QED) is 0.418. The summed E-state index contributed by atoms with van der Waals surface area (Å²) in [6, 6.07) is 26.2. The van der Waals surface area contributed by atoms with Crippen molar-refractivity contribution in [1.29, 1.82) is 0 Å². The maximum Gasteiger partial charge on any atom is 0.244 e. The standard InChI is InChI=1S/C22H18N4/c1-16-12-13-20-19(14-16)21(18-10-6-3-7-11-18)25-22(24-20)26-23-15-17-8-4-2-5-9-17/h2-15H,1H3,(H,24,25,26). The van der Waals surface area contributed by atoms with Crippen molar-refractivity contribution in [2.45, 2.75) is 6.92 Å². The van der Waals surface area contributed by atoms with Crippen LogP contribution < -0.4 is 5.43 Å². The highest BCUT2D eigenvalue weighted by Crippen LogP contribution is 2.27. The molecule has 0 fully saturated rings. The smallest absolute Gasteiger partial charge is 0.244 e. The lowest BCUT2D eigenvalue weighted by Crippen LogP contribution is -2.00. The summed E-state index contributed by atoms with van der Waals surface area (Å²) in [6.45, 7) is 2.07. The summed E-state index contributed by atoms with van der Waals surface area (Å²) in [7, 11) is 0. The van der Waals surface area contributed by atoms with Crippen LogP contribution in [0, 0.1) is 6.92 Å². The molecule has 4 nitrogen and oxygen atoms in total. The van der Waals surface area contributed by atoms with E-state index in [1.165, 1.54) is 5.56 Å². The van der Waals surface area contributed by atoms with Crippen molar-refractivity contribution in [3.63, 3.8) is 0 Å². The fraction of sp³-hybridized carbons (Fsp3) is 0.0455. The predicted octanol–water partition coefficient (Wildman–Crippen LogP) is 5.05. The number of benzene rings is 3. The molecular weight excluding hydrogens is 320 g/mol. The molecule has 3 aromatic carbocycles. The minimum atomic E-state index is 0.479. The molecule has 0 atom stereocenters. The molecule has 0 radical (unpaired) electrons. The van der Waals surface area contributed by atoms with Crippen LogP contribution in [-0.4, -0.2) is 16.2 Å². The SMILES string of the molecule is Cc1ccc2nc(NN=Cc3ccccc3)nc(-c3ccccc3)c2c1. The van der Waals surface area contributed by atoms with Gasteiger partial charge in [0, 0.05) is 10.9 Å². The fourth-order valence-electron chi connectivity index (χ4n) is 2.81. The number of aryl methyl sites for hydroxylation is 1. The van der Waals surface area contributed by atoms with Crippen molar-refractivity contribution < 1.29 is 0 Å². The average Bonchev–Trinajstić information content (AvgIpc) is 2.69. The van der Waals surface area contributed by atoms with E-state index >= 15 is 0 Å². The molecule has 0 saturated heterocycles. The Labute approximate surface area is 152 Å². The summed E-state index contributed by atoms with van der Waals surface area (Å²) >= 11 is 0. The number of aromatic nitrogens is 2. The van der Waals surface area contributed by atoms with Gasteiger partial charge in [0.2, 0.25) is 5.95 Å². The van der Waals surface area contributed by atoms with Crippen LogP contribution in [0.4, 0.5) is 5.95 Å². The minimum absolute atomic E-state index is 0.479. The molecule has 0 unspecified atom stereocenters. The highest BCUT2D eigenvalue weighted by Gasteiger charge is 2.09. The van der Waals surface area contributed by atoms with Gasteiger partial charge in [0.1, 0.15) is 0 Å². The monoisotopic (exact) mass is 338 g/mol. The van der Waals surface area contributed by atoms with Crippen LogP contribution >= 0.6 is 0 Å². The number of nitrogens with one attached hydrogen (secondary N) is 1. The number of nitrogens with zero attached hydrogens (tertiary/aromatic N) is 3. The number of anilines is 1. The van der Waals surface area contributed by atoms with Crippen molar-refractivity contribution in [2.75, 3.05) is 5.43 Å². The Hall–Kier alpha value is -3.53. The summed E-state index contributed by atoms with van der Waals surface area (Å²) < 4.78 is 0. The van der Waals surface area contributed by atoms with Gasteiger partial charge < -0.3 is 0 Å². The minimum Gasteiger partial charge on any atom is -0.245 e. The normalized spacial score (nSPS) is 11.1. The second-order valence-electron chi connectivity index (χ2n) is 6.06. The highest BCUT2D eigenvalue weighted by molar-refractivity contribution is 5.93. The maximum absolute atomic E-state index is 4.71. The lowest BCUT2D eigenvalue weighted by atomic mass is 10.0. The molecule has 1 N–H and O–H groups in total. The molecule has 0 bridgehead atoms. The number of hydrazone groups is 1. The van der Waals surface area contributed by atoms with E-state index < -0.39 is 0 Å². The van der Waals surface area contributed by atoms with Gasteiger partial charge >= 0.3 is 0 Å². The van der Waals surface area contributed by atoms with Crippen LogP contribution in [0.2, 0.25) is 0 Å². The van der Waals surface area contributed by atoms with Gasteiger partial charge in [-0.15, -0.1) is 0 Å². The van der Waals surface area contributed by atoms with Crippen molar-refractivity contribution in [3.8, 4) is 11.3 Å². The highest BCUT2D eigenvalue weighted by atomic mass is 15.3. The summed E-state index contributed by atoms with van der Waals surface area (Å²) in [5, 5.41) is 5.31. The van der Waals surface area contributed by atoms with Crippen LogP contribution in [-0.2, 0) is 0 Å². The van der Waals surface area contributed by atoms with E-state index in [1.807, 2.05) is 54.6 Å². The molecule has 0 aliphatic heterocycles. The largest absolute Gasteiger partial charge is 0.245 e. The van der Waals surface area contributed by atoms with Gasteiger partial charge in [-0.3, -0.25) is 0 Å². The molecule has 4 aromatic rings. The Bertz CT molecular complexity index is 1060. The number of hydrogen-bond donors (Lipinski definition) is 1. The second kappa shape index (κ2) is 7.15. The van der Waals surface area contributed by atoms with E-state index in [9.17, 15) is 0 Å². The Morgan fingerprint density at radius 2 is 1.58 bits per heavy atom. The lowest BCUT2D eigenvalue weighted by Gasteiger charge is -2.09. The molecule has 0 aliphatic carbocycles. The summed E-state index contributed by atoms with van der Waals surface area (Å²) in [4.78, 5) is 9.31. The molecule has 4 rings (SSSR count). The molecule has 4 heteroatoms. The van der Waals surface area contributed by atoms with Crippen LogP contribution in [0.1, 0.15) is 11.1 Å². The Morgan fingerprint density at radius 1 is 0.846 bits per heavy atom. The number of hydrogen-bond acceptors (Lipinski definition) is 4. The molecular formula is C22H18N4. The van der Waals surface area contributed by atoms with Gasteiger partial charge in [-0.2, -0.15) is 5.10 Å². The van der Waals surface area contributed by atoms with Crippen molar-refractivity contribution in [3.05, 3.63) is 90.0 Å². The Balaban J connectivity index is 1.74. The topological polar surface area (TPSA) is 50.2 Å². The fourth-order valence-corrected chi connectivity index (χ4v) is 2.81. The first kappa shape index (κ1) is 16.0. The molecule has 1 aromatic heterocycles. The third kappa shape index (κ3) is 3.44. The molecule has 0 aliphatic rings. The van der Waals surface area contributed by atoms with Gasteiger partial charge in [-0.25, -0.2) is 15.4 Å². The Morgan fingerprint density at radius 3 is 2.35 bits per heavy atom. The average molecular weight is 338 g/mol. The lowest BCUT2D eigenvalue weighted by molar-refractivity contribution is 1.15. The maximum atomic E-state index is 4.71. The third-order valence-electron chi connectivity index (χ3n) is 4.08. The van der Waals surface area contributed by atoms with E-state index in [4.69, 9.17) is 4.98 Å². The molecule has 0 amide bonds. The van der Waals surface area contributed by atoms with Gasteiger partial charge in [0.15, 0.2) is 0 Å². The molecule has 0 spiro atoms. The van der Waals surface area contributed by atoms with Crippen LogP contribution in [0.15, 0.2) is 84.0 Å². The molecule has 1 heterocycles. The van der Waals surface area contributed by atoms with E-state index in [1.54, 1.807) is 6.21 Å². The van der Waals surface area contributed by atoms with Gasteiger partial charge in [0.25, 0.3) is 0 Å². The summed E-state index contributed by atoms with van der Waals surface area (Å²) in [5.74, 6) is 0.479. The third-order valence-corrected chi connectivity index (χ3v) is 4.08. The van der Waals surface area contributed by atoms with Gasteiger partial charge in [-0.05, 0) is 24.6 Å². The van der Waals surface area contributed by atoms with E-state index in [-0.39, 0.29) is 0 Å². The number of fused-ring (bicyclic) bond motifs is 1. The van der Waals surface area contributed by atoms with Crippen molar-refractivity contribution in [2.24, 2.45) is 5.10 Å². The first-order chi connectivity index (χ1) is 12.8. The van der Waals surface area contributed by atoms with Crippen molar-refractivity contribution in [1.82, 2.24) is 9.97 Å². The van der Waals surface area contributed by atoms with Gasteiger partial charge in [0.05, 0.1) is 17.4 Å². The second-order valence-corrected chi connectivity index (χ2v) is 6.06. The van der Waals surface area contributed by atoms with E-state index in [0.29, 0.717) is 5.95 Å². The summed E-state index contributed by atoms with van der Waals surface area (Å²) in [6.07, 6.45) is 1.75. The first-order valence-electron chi connectivity index (χ1n) is 8.47. The number of rotatable bonds is 4. The first-order valence-corrected chi connectivity index (χ1v) is 8.47. The van der Waals surface area contributed by atoms with Gasteiger partial charge in [-0.1, -0.05) is 72.3 Å². The van der Waals surface area contributed by atoms with E-state index in [2.05, 4.69) is 46.7 Å². The molecule has 0 saturated carbocycles. The molecule has 26 heavy (non-hydrogen) atoms. The van der Waals surface area contributed by atoms with Crippen molar-refractivity contribution >= 4 is 23.1 Å². The van der Waals surface area contributed by atoms with Crippen LogP contribution in [0.25, 0.3) is 22.2 Å². The summed E-state index contributed by atoms with van der Waals surface area (Å²) in [5.41, 5.74) is 8.00. The van der Waals surface area contributed by atoms with Crippen LogP contribution in [0.5, 0.6) is 0 Å². The zero-order valence-corrected chi connectivity index (χ0v) is 14.4.